The summed E-state index contributed by atoms with van der Waals surface area (Å²) in [6.45, 7) is 7.47. The topological polar surface area (TPSA) is 47.6 Å². The molecule has 2 N–H and O–H groups in total. The van der Waals surface area contributed by atoms with Gasteiger partial charge in [0.25, 0.3) is 0 Å². The Kier molecular flexibility index (Phi) is 6.59. The molecule has 0 radical (unpaired) electrons. The van der Waals surface area contributed by atoms with E-state index >= 15 is 0 Å². The van der Waals surface area contributed by atoms with Crippen molar-refractivity contribution in [2.45, 2.75) is 16.6 Å². The number of amidine groups is 1. The van der Waals surface area contributed by atoms with Crippen molar-refractivity contribution in [3.63, 3.8) is 0 Å². The number of halogens is 3. The zero-order chi connectivity index (χ0) is 16.0. The van der Waals surface area contributed by atoms with Gasteiger partial charge in [-0.3, -0.25) is 0 Å². The summed E-state index contributed by atoms with van der Waals surface area (Å²) in [5, 5.41) is 0. The normalized spacial score (nSPS) is 12.1. The molecule has 114 valence electrons. The Labute approximate surface area is 140 Å². The molecule has 0 unspecified atom stereocenters. The lowest BCUT2D eigenvalue weighted by molar-refractivity contribution is 0.414. The van der Waals surface area contributed by atoms with Crippen molar-refractivity contribution in [1.29, 1.82) is 0 Å². The first-order valence-corrected chi connectivity index (χ1v) is 7.29. The third-order valence-corrected chi connectivity index (χ3v) is 3.31. The van der Waals surface area contributed by atoms with Gasteiger partial charge >= 0.3 is 0 Å². The van der Waals surface area contributed by atoms with Gasteiger partial charge in [0.05, 0.1) is 12.8 Å². The van der Waals surface area contributed by atoms with E-state index in [0.717, 1.165) is 16.9 Å². The third-order valence-electron chi connectivity index (χ3n) is 2.73. The number of hydrogen-bond acceptors (Lipinski definition) is 2. The van der Waals surface area contributed by atoms with Gasteiger partial charge in [-0.05, 0) is 36.1 Å². The minimum atomic E-state index is -1.75. The van der Waals surface area contributed by atoms with Crippen LogP contribution >= 0.6 is 34.8 Å². The molecule has 0 aliphatic carbocycles. The van der Waals surface area contributed by atoms with Gasteiger partial charge in [-0.15, -0.1) is 13.2 Å². The average Bonchev–Trinajstić information content (AvgIpc) is 2.41. The highest BCUT2D eigenvalue weighted by Crippen LogP contribution is 2.34. The van der Waals surface area contributed by atoms with Crippen LogP contribution in [0.5, 0.6) is 5.75 Å². The van der Waals surface area contributed by atoms with Crippen LogP contribution in [0.4, 0.5) is 5.69 Å². The Morgan fingerprint density at radius 1 is 1.24 bits per heavy atom. The zero-order valence-corrected chi connectivity index (χ0v) is 14.0. The standard InChI is InChI=1S/C15H17Cl3N2O/c1-4-6-10-8-12(21-3)9-11(7-5-2)13(10)20-14(19)15(16,17)18/h4-5,8-9H,1-2,6-7H2,3H3,(H2,19,20). The lowest BCUT2D eigenvalue weighted by atomic mass is 10.0. The number of aliphatic imine (C=N–C) groups is 1. The predicted molar refractivity (Wildman–Crippen MR) is 92.4 cm³/mol. The van der Waals surface area contributed by atoms with E-state index in [1.165, 1.54) is 0 Å². The van der Waals surface area contributed by atoms with Gasteiger partial charge in [-0.25, -0.2) is 4.99 Å². The van der Waals surface area contributed by atoms with Crippen molar-refractivity contribution in [3.8, 4) is 5.75 Å². The molecule has 1 rings (SSSR count). The van der Waals surface area contributed by atoms with Crippen molar-refractivity contribution < 1.29 is 4.74 Å². The highest BCUT2D eigenvalue weighted by molar-refractivity contribution is 6.76. The third kappa shape index (κ3) is 4.95. The molecule has 0 spiro atoms. The minimum Gasteiger partial charge on any atom is -0.497 e. The summed E-state index contributed by atoms with van der Waals surface area (Å²) in [7, 11) is 1.60. The first kappa shape index (κ1) is 17.9. The molecule has 0 aliphatic rings. The maximum absolute atomic E-state index is 5.76. The van der Waals surface area contributed by atoms with E-state index in [4.69, 9.17) is 45.3 Å². The molecule has 0 bridgehead atoms. The minimum absolute atomic E-state index is 0.0895. The fourth-order valence-corrected chi connectivity index (χ4v) is 1.92. The summed E-state index contributed by atoms with van der Waals surface area (Å²) in [4.78, 5) is 4.29. The van der Waals surface area contributed by atoms with E-state index in [-0.39, 0.29) is 5.84 Å². The number of nitrogens with zero attached hydrogens (tertiary/aromatic N) is 1. The van der Waals surface area contributed by atoms with Gasteiger partial charge in [0.1, 0.15) is 5.75 Å². The maximum Gasteiger partial charge on any atom is 0.247 e. The fourth-order valence-electron chi connectivity index (χ4n) is 1.80. The summed E-state index contributed by atoms with van der Waals surface area (Å²) >= 11 is 17.3. The van der Waals surface area contributed by atoms with Gasteiger partial charge in [-0.1, -0.05) is 47.0 Å². The van der Waals surface area contributed by atoms with Crippen LogP contribution in [0.15, 0.2) is 42.4 Å². The van der Waals surface area contributed by atoms with Crippen LogP contribution in [0.2, 0.25) is 0 Å². The van der Waals surface area contributed by atoms with Crippen LogP contribution in [-0.2, 0) is 12.8 Å². The number of allylic oxidation sites excluding steroid dienone is 2. The lowest BCUT2D eigenvalue weighted by Crippen LogP contribution is -2.28. The first-order valence-electron chi connectivity index (χ1n) is 6.16. The van der Waals surface area contributed by atoms with Crippen molar-refractivity contribution in [1.82, 2.24) is 0 Å². The molecule has 0 heterocycles. The predicted octanol–water partition coefficient (Wildman–Crippen LogP) is 4.51. The Balaban J connectivity index is 3.50. The van der Waals surface area contributed by atoms with Gasteiger partial charge in [-0.2, -0.15) is 0 Å². The van der Waals surface area contributed by atoms with Gasteiger partial charge in [0, 0.05) is 0 Å². The SMILES string of the molecule is C=CCc1cc(OC)cc(CC=C)c1N=C(N)C(Cl)(Cl)Cl. The van der Waals surface area contributed by atoms with Crippen LogP contribution in [0.3, 0.4) is 0 Å². The molecular formula is C15H17Cl3N2O. The Morgan fingerprint density at radius 2 is 1.71 bits per heavy atom. The number of ether oxygens (including phenoxy) is 1. The largest absolute Gasteiger partial charge is 0.497 e. The summed E-state index contributed by atoms with van der Waals surface area (Å²) in [5.41, 5.74) is 8.18. The number of hydrogen-bond donors (Lipinski definition) is 1. The smallest absolute Gasteiger partial charge is 0.247 e. The fraction of sp³-hybridized carbons (Fsp3) is 0.267. The number of nitrogens with two attached hydrogens (primary N) is 1. The van der Waals surface area contributed by atoms with Gasteiger partial charge in [0.2, 0.25) is 3.79 Å². The highest BCUT2D eigenvalue weighted by Gasteiger charge is 2.26. The molecule has 0 atom stereocenters. The molecule has 0 aliphatic heterocycles. The molecule has 6 heteroatoms. The molecular weight excluding hydrogens is 331 g/mol. The summed E-state index contributed by atoms with van der Waals surface area (Å²) in [6, 6.07) is 3.72. The van der Waals surface area contributed by atoms with Crippen LogP contribution in [0.1, 0.15) is 11.1 Å². The molecule has 0 fully saturated rings. The van der Waals surface area contributed by atoms with Crippen LogP contribution < -0.4 is 10.5 Å². The number of methoxy groups -OCH3 is 1. The first-order chi connectivity index (χ1) is 9.83. The van der Waals surface area contributed by atoms with Gasteiger partial charge < -0.3 is 10.5 Å². The van der Waals surface area contributed by atoms with E-state index < -0.39 is 3.79 Å². The molecule has 1 aromatic carbocycles. The van der Waals surface area contributed by atoms with Crippen molar-refractivity contribution in [3.05, 3.63) is 48.6 Å². The number of benzene rings is 1. The Bertz CT molecular complexity index is 532. The summed E-state index contributed by atoms with van der Waals surface area (Å²) < 4.78 is 3.54. The van der Waals surface area contributed by atoms with Crippen LogP contribution in [0, 0.1) is 0 Å². The second-order valence-corrected chi connectivity index (χ2v) is 6.56. The molecule has 3 nitrogen and oxygen atoms in total. The lowest BCUT2D eigenvalue weighted by Gasteiger charge is -2.15. The second kappa shape index (κ2) is 7.74. The molecule has 0 saturated carbocycles. The Hall–Kier alpha value is -1.16. The number of rotatable bonds is 6. The monoisotopic (exact) mass is 346 g/mol. The summed E-state index contributed by atoms with van der Waals surface area (Å²) in [6.07, 6.45) is 4.70. The van der Waals surface area contributed by atoms with E-state index in [1.54, 1.807) is 19.3 Å². The molecule has 1 aromatic rings. The van der Waals surface area contributed by atoms with Crippen molar-refractivity contribution in [2.24, 2.45) is 10.7 Å². The summed E-state index contributed by atoms with van der Waals surface area (Å²) in [5.74, 6) is 0.628. The van der Waals surface area contributed by atoms with Gasteiger partial charge in [0.15, 0.2) is 5.84 Å². The average molecular weight is 348 g/mol. The number of alkyl halides is 3. The highest BCUT2D eigenvalue weighted by atomic mass is 35.6. The second-order valence-electron chi connectivity index (χ2n) is 4.27. The quantitative estimate of drug-likeness (QED) is 0.356. The van der Waals surface area contributed by atoms with E-state index in [2.05, 4.69) is 18.2 Å². The maximum atomic E-state index is 5.76. The zero-order valence-electron chi connectivity index (χ0n) is 11.7. The van der Waals surface area contributed by atoms with Crippen LogP contribution in [0.25, 0.3) is 0 Å². The van der Waals surface area contributed by atoms with E-state index in [1.807, 2.05) is 12.1 Å². The molecule has 0 amide bonds. The van der Waals surface area contributed by atoms with E-state index in [0.29, 0.717) is 18.5 Å². The molecule has 0 saturated heterocycles. The van der Waals surface area contributed by atoms with E-state index in [9.17, 15) is 0 Å². The van der Waals surface area contributed by atoms with Crippen molar-refractivity contribution in [2.75, 3.05) is 7.11 Å². The molecule has 21 heavy (non-hydrogen) atoms. The van der Waals surface area contributed by atoms with Crippen LogP contribution in [-0.4, -0.2) is 16.7 Å². The molecule has 0 aromatic heterocycles. The Morgan fingerprint density at radius 3 is 2.05 bits per heavy atom. The van der Waals surface area contributed by atoms with Crippen molar-refractivity contribution >= 4 is 46.3 Å².